The maximum absolute atomic E-state index is 13.7. The van der Waals surface area contributed by atoms with Crippen molar-refractivity contribution in [2.75, 3.05) is 58.1 Å². The van der Waals surface area contributed by atoms with Gasteiger partial charge in [-0.1, -0.05) is 31.7 Å². The van der Waals surface area contributed by atoms with Crippen molar-refractivity contribution in [1.82, 2.24) is 24.9 Å². The molecule has 6 heterocycles. The fraction of sp³-hybridized carbons (Fsp3) is 0.250. The van der Waals surface area contributed by atoms with Gasteiger partial charge in [-0.25, -0.2) is 18.7 Å². The number of anilines is 6. The highest BCUT2D eigenvalue weighted by Gasteiger charge is 2.30. The van der Waals surface area contributed by atoms with E-state index in [0.717, 1.165) is 16.8 Å². The molecule has 1 fully saturated rings. The van der Waals surface area contributed by atoms with E-state index in [0.29, 0.717) is 101 Å². The molecule has 6 aromatic rings. The van der Waals surface area contributed by atoms with Gasteiger partial charge < -0.3 is 24.9 Å². The first-order valence-corrected chi connectivity index (χ1v) is 19.4. The van der Waals surface area contributed by atoms with Gasteiger partial charge in [0.05, 0.1) is 33.0 Å². The van der Waals surface area contributed by atoms with Crippen molar-refractivity contribution < 1.29 is 21.6 Å². The van der Waals surface area contributed by atoms with E-state index in [9.17, 15) is 17.2 Å². The molecule has 0 bridgehead atoms. The lowest BCUT2D eigenvalue weighted by atomic mass is 10.3. The van der Waals surface area contributed by atoms with Crippen LogP contribution in [0.25, 0.3) is 11.1 Å². The summed E-state index contributed by atoms with van der Waals surface area (Å²) in [6, 6.07) is 20.5. The maximum atomic E-state index is 13.7. The van der Waals surface area contributed by atoms with E-state index in [-0.39, 0.29) is 24.3 Å². The van der Waals surface area contributed by atoms with Crippen LogP contribution in [0.5, 0.6) is 0 Å². The molecule has 2 N–H and O–H groups in total. The Kier molecular flexibility index (Phi) is 10.6. The third-order valence-corrected chi connectivity index (χ3v) is 11.7. The van der Waals surface area contributed by atoms with Crippen molar-refractivity contribution in [3.63, 3.8) is 0 Å². The lowest BCUT2D eigenvalue weighted by Crippen LogP contribution is -2.47. The minimum absolute atomic E-state index is 0. The summed E-state index contributed by atoms with van der Waals surface area (Å²) in [5.41, 5.74) is 4.19. The lowest BCUT2D eigenvalue weighted by molar-refractivity contribution is 0.538. The van der Waals surface area contributed by atoms with Gasteiger partial charge in [0.25, 0.3) is 6.01 Å². The summed E-state index contributed by atoms with van der Waals surface area (Å²) in [5.74, 6) is 1.79. The van der Waals surface area contributed by atoms with Crippen molar-refractivity contribution in [3.8, 4) is 0 Å². The first-order chi connectivity index (χ1) is 25.3. The summed E-state index contributed by atoms with van der Waals surface area (Å²) in [5, 5.41) is 6.20. The molecule has 0 radical (unpaired) electrons. The second kappa shape index (κ2) is 15.5. The number of aromatic nitrogens is 5. The zero-order valence-corrected chi connectivity index (χ0v) is 29.8. The Hall–Kier alpha value is -5.06. The fourth-order valence-electron chi connectivity index (χ4n) is 6.16. The third-order valence-electron chi connectivity index (χ3n) is 8.63. The molecule has 12 nitrogen and oxygen atoms in total. The molecular formula is C36H34ClF2N9O3S2. The standard InChI is InChI=1S/C23H21FN6O2S.C12H9ClFN3OS.CH4/c24-15-4-3-5-16(14-15)25-21-20-18(8-13-33(20)31)26-22(28-21)29-9-11-30(12-10-29)23-27-17-6-1-2-7-19(17)32-23;13-12-16-9-4-5-19(18)10(9)11(17-12)15-8-3-1-2-7(14)6-8;/h1-7,14H,8-13H2,(H,25,26,28);1-3,6H,4-5H2,(H,15,16,17);1H4. The minimum Gasteiger partial charge on any atom is -0.423 e. The average Bonchev–Trinajstić information content (AvgIpc) is 3.85. The molecule has 2 unspecified atom stereocenters. The molecule has 9 rings (SSSR count). The smallest absolute Gasteiger partial charge is 0.298 e. The van der Waals surface area contributed by atoms with Crippen LogP contribution in [0.3, 0.4) is 0 Å². The van der Waals surface area contributed by atoms with Crippen LogP contribution in [0.1, 0.15) is 18.8 Å². The molecule has 0 saturated carbocycles. The number of para-hydroxylation sites is 2. The van der Waals surface area contributed by atoms with Crippen LogP contribution in [-0.4, -0.2) is 71.0 Å². The van der Waals surface area contributed by atoms with E-state index in [4.69, 9.17) is 26.0 Å². The normalized spacial score (nSPS) is 17.4. The summed E-state index contributed by atoms with van der Waals surface area (Å²) in [7, 11) is -2.31. The number of hydrogen-bond acceptors (Lipinski definition) is 12. The van der Waals surface area contributed by atoms with Crippen LogP contribution in [0.15, 0.2) is 87.0 Å². The van der Waals surface area contributed by atoms with Crippen LogP contribution >= 0.6 is 11.6 Å². The molecule has 3 aliphatic heterocycles. The lowest BCUT2D eigenvalue weighted by Gasteiger charge is -2.34. The number of fused-ring (bicyclic) bond motifs is 3. The molecule has 3 aromatic carbocycles. The molecule has 3 aromatic heterocycles. The van der Waals surface area contributed by atoms with Gasteiger partial charge in [-0.2, -0.15) is 15.0 Å². The van der Waals surface area contributed by atoms with Gasteiger partial charge in [0, 0.05) is 61.9 Å². The van der Waals surface area contributed by atoms with Crippen molar-refractivity contribution in [2.24, 2.45) is 0 Å². The van der Waals surface area contributed by atoms with Crippen LogP contribution in [-0.2, 0) is 34.4 Å². The summed E-state index contributed by atoms with van der Waals surface area (Å²) in [4.78, 5) is 27.6. The Labute approximate surface area is 314 Å². The fourth-order valence-corrected chi connectivity index (χ4v) is 8.96. The number of piperazine rings is 1. The quantitative estimate of drug-likeness (QED) is 0.172. The summed E-state index contributed by atoms with van der Waals surface area (Å²) in [6.45, 7) is 2.82. The van der Waals surface area contributed by atoms with E-state index in [1.165, 1.54) is 24.3 Å². The first kappa shape index (κ1) is 36.3. The van der Waals surface area contributed by atoms with Gasteiger partial charge in [0.1, 0.15) is 26.9 Å². The average molecular weight is 778 g/mol. The minimum atomic E-state index is -1.17. The molecule has 0 spiro atoms. The van der Waals surface area contributed by atoms with Crippen molar-refractivity contribution >= 4 is 79.3 Å². The highest BCUT2D eigenvalue weighted by Crippen LogP contribution is 2.33. The van der Waals surface area contributed by atoms with Gasteiger partial charge in [-0.05, 0) is 60.1 Å². The summed E-state index contributed by atoms with van der Waals surface area (Å²) >= 11 is 5.84. The molecule has 0 amide bonds. The SMILES string of the molecule is C.O=S1CCc2nc(Cl)nc(Nc3cccc(F)c3)c21.O=S1CCc2nc(N3CCN(c4nc5ccccc5o4)CC3)nc(Nc3cccc(F)c3)c21. The number of nitrogens with zero attached hydrogens (tertiary/aromatic N) is 7. The molecule has 17 heteroatoms. The Balaban J connectivity index is 0.000000186. The maximum Gasteiger partial charge on any atom is 0.298 e. The Morgan fingerprint density at radius 3 is 1.85 bits per heavy atom. The number of nitrogens with one attached hydrogen (secondary N) is 2. The van der Waals surface area contributed by atoms with E-state index < -0.39 is 21.6 Å². The topological polar surface area (TPSA) is 142 Å². The number of oxazole rings is 1. The second-order valence-electron chi connectivity index (χ2n) is 12.1. The molecule has 3 aliphatic rings. The van der Waals surface area contributed by atoms with Crippen molar-refractivity contribution in [3.05, 3.63) is 101 Å². The van der Waals surface area contributed by atoms with Gasteiger partial charge >= 0.3 is 0 Å². The van der Waals surface area contributed by atoms with E-state index in [2.05, 4.69) is 35.4 Å². The van der Waals surface area contributed by atoms with E-state index >= 15 is 0 Å². The van der Waals surface area contributed by atoms with Crippen LogP contribution < -0.4 is 20.4 Å². The van der Waals surface area contributed by atoms with Crippen LogP contribution in [0, 0.1) is 11.6 Å². The molecule has 0 aliphatic carbocycles. The predicted octanol–water partition coefficient (Wildman–Crippen LogP) is 6.80. The Morgan fingerprint density at radius 1 is 0.679 bits per heavy atom. The highest BCUT2D eigenvalue weighted by atomic mass is 35.5. The first-order valence-electron chi connectivity index (χ1n) is 16.4. The summed E-state index contributed by atoms with van der Waals surface area (Å²) in [6.07, 6.45) is 1.25. The predicted molar refractivity (Wildman–Crippen MR) is 204 cm³/mol. The third kappa shape index (κ3) is 7.84. The monoisotopic (exact) mass is 777 g/mol. The van der Waals surface area contributed by atoms with E-state index in [1.54, 1.807) is 24.3 Å². The summed E-state index contributed by atoms with van der Waals surface area (Å²) < 4.78 is 57.2. The number of benzene rings is 3. The van der Waals surface area contributed by atoms with Crippen molar-refractivity contribution in [2.45, 2.75) is 30.1 Å². The highest BCUT2D eigenvalue weighted by molar-refractivity contribution is 7.85. The number of hydrogen-bond donors (Lipinski definition) is 2. The molecular weight excluding hydrogens is 744 g/mol. The van der Waals surface area contributed by atoms with Crippen LogP contribution in [0.2, 0.25) is 5.28 Å². The van der Waals surface area contributed by atoms with Gasteiger partial charge in [0.2, 0.25) is 11.2 Å². The zero-order chi connectivity index (χ0) is 35.8. The number of aryl methyl sites for hydroxylation is 2. The Bertz CT molecular complexity index is 2320. The largest absolute Gasteiger partial charge is 0.423 e. The van der Waals surface area contributed by atoms with Crippen LogP contribution in [0.4, 0.5) is 43.8 Å². The molecule has 274 valence electrons. The zero-order valence-electron chi connectivity index (χ0n) is 27.4. The Morgan fingerprint density at radius 2 is 1.25 bits per heavy atom. The molecule has 1 saturated heterocycles. The van der Waals surface area contributed by atoms with Gasteiger partial charge in [0.15, 0.2) is 17.2 Å². The second-order valence-corrected chi connectivity index (χ2v) is 15.4. The van der Waals surface area contributed by atoms with Crippen molar-refractivity contribution in [1.29, 1.82) is 0 Å². The number of halogens is 3. The van der Waals surface area contributed by atoms with Gasteiger partial charge in [-0.15, -0.1) is 0 Å². The van der Waals surface area contributed by atoms with E-state index in [1.807, 2.05) is 24.3 Å². The van der Waals surface area contributed by atoms with Gasteiger partial charge in [-0.3, -0.25) is 8.42 Å². The number of rotatable bonds is 6. The molecule has 53 heavy (non-hydrogen) atoms. The molecule has 2 atom stereocenters.